The molecule has 2 aromatic heterocycles. The number of aryl methyl sites for hydroxylation is 2. The van der Waals surface area contributed by atoms with Crippen LogP contribution in [0.5, 0.6) is 0 Å². The van der Waals surface area contributed by atoms with Crippen molar-refractivity contribution < 1.29 is 22.8 Å². The van der Waals surface area contributed by atoms with E-state index in [-0.39, 0.29) is 24.5 Å². The number of hydrogen-bond donors (Lipinski definition) is 4. The van der Waals surface area contributed by atoms with Crippen LogP contribution in [0.15, 0.2) is 85.2 Å². The summed E-state index contributed by atoms with van der Waals surface area (Å²) in [7, 11) is -2.38. The van der Waals surface area contributed by atoms with Gasteiger partial charge in [-0.2, -0.15) is 5.10 Å². The summed E-state index contributed by atoms with van der Waals surface area (Å²) in [6, 6.07) is 20.1. The van der Waals surface area contributed by atoms with Gasteiger partial charge in [0, 0.05) is 48.7 Å². The summed E-state index contributed by atoms with van der Waals surface area (Å²) in [5.41, 5.74) is 6.34. The molecule has 11 nitrogen and oxygen atoms in total. The van der Waals surface area contributed by atoms with Crippen molar-refractivity contribution in [2.75, 3.05) is 12.8 Å². The zero-order chi connectivity index (χ0) is 35.1. The van der Waals surface area contributed by atoms with E-state index in [1.807, 2.05) is 81.4 Å². The summed E-state index contributed by atoms with van der Waals surface area (Å²) in [6.07, 6.45) is 4.58. The Labute approximate surface area is 286 Å². The topological polar surface area (TPSA) is 157 Å². The Bertz CT molecular complexity index is 2020. The Hall–Kier alpha value is -5.23. The van der Waals surface area contributed by atoms with E-state index in [9.17, 15) is 22.8 Å². The number of nitrogens with one attached hydrogen (secondary N) is 4. The highest BCUT2D eigenvalue weighted by Gasteiger charge is 2.33. The molecule has 0 unspecified atom stereocenters. The number of benzene rings is 3. The fourth-order valence-electron chi connectivity index (χ4n) is 5.92. The van der Waals surface area contributed by atoms with E-state index >= 15 is 0 Å². The molecule has 4 N–H and O–H groups in total. The normalized spacial score (nSPS) is 12.7. The molecular formula is C37H42N6O5S. The molecule has 2 atom stereocenters. The first-order valence-electron chi connectivity index (χ1n) is 16.3. The highest BCUT2D eigenvalue weighted by Crippen LogP contribution is 2.22. The number of likely N-dealkylation sites (N-methyl/N-ethyl adjacent to an activating group) is 1. The van der Waals surface area contributed by atoms with Crippen molar-refractivity contribution in [1.82, 2.24) is 30.1 Å². The van der Waals surface area contributed by atoms with Crippen LogP contribution < -0.4 is 10.0 Å². The Kier molecular flexibility index (Phi) is 11.0. The van der Waals surface area contributed by atoms with E-state index in [0.717, 1.165) is 44.4 Å². The van der Waals surface area contributed by atoms with Gasteiger partial charge < -0.3 is 15.2 Å². The molecule has 0 saturated heterocycles. The van der Waals surface area contributed by atoms with E-state index in [1.165, 1.54) is 4.90 Å². The second-order valence-corrected chi connectivity index (χ2v) is 14.3. The van der Waals surface area contributed by atoms with Crippen molar-refractivity contribution in [3.05, 3.63) is 113 Å². The predicted molar refractivity (Wildman–Crippen MR) is 190 cm³/mol. The van der Waals surface area contributed by atoms with E-state index in [1.54, 1.807) is 31.6 Å². The number of aromatic nitrogens is 3. The van der Waals surface area contributed by atoms with Crippen LogP contribution in [0.3, 0.4) is 0 Å². The minimum absolute atomic E-state index is 0.0191. The summed E-state index contributed by atoms with van der Waals surface area (Å²) in [5.74, 6) is -2.02. The molecule has 5 aromatic rings. The summed E-state index contributed by atoms with van der Waals surface area (Å²) < 4.78 is 27.8. The number of rotatable bonds is 14. The van der Waals surface area contributed by atoms with E-state index in [4.69, 9.17) is 0 Å². The monoisotopic (exact) mass is 682 g/mol. The van der Waals surface area contributed by atoms with Gasteiger partial charge in [-0.15, -0.1) is 0 Å². The SMILES string of the molecule is CCCCS(=O)(=O)NC(=O)[C@H](Cc1c[nH]c2ccccc12)NC(=O)[C@H](Cc1ccc(-c2ccn[nH]2)cc1)N(C)C(=O)c1cc(C)cc(C)c1. The van der Waals surface area contributed by atoms with E-state index in [0.29, 0.717) is 18.4 Å². The van der Waals surface area contributed by atoms with Crippen molar-refractivity contribution in [3.63, 3.8) is 0 Å². The maximum absolute atomic E-state index is 14.3. The maximum atomic E-state index is 14.3. The molecule has 0 fully saturated rings. The van der Waals surface area contributed by atoms with Crippen molar-refractivity contribution in [2.45, 2.75) is 58.5 Å². The third-order valence-corrected chi connectivity index (χ3v) is 9.85. The lowest BCUT2D eigenvalue weighted by molar-refractivity contribution is -0.130. The number of unbranched alkanes of at least 4 members (excludes halogenated alkanes) is 1. The van der Waals surface area contributed by atoms with Crippen LogP contribution in [0, 0.1) is 13.8 Å². The number of sulfonamides is 1. The van der Waals surface area contributed by atoms with Crippen LogP contribution in [0.25, 0.3) is 22.2 Å². The van der Waals surface area contributed by atoms with Gasteiger partial charge in [0.05, 0.1) is 11.4 Å². The quantitative estimate of drug-likeness (QED) is 0.131. The zero-order valence-electron chi connectivity index (χ0n) is 28.1. The average molecular weight is 683 g/mol. The highest BCUT2D eigenvalue weighted by atomic mass is 32.2. The molecule has 0 aliphatic carbocycles. The molecule has 49 heavy (non-hydrogen) atoms. The van der Waals surface area contributed by atoms with Crippen molar-refractivity contribution in [3.8, 4) is 11.3 Å². The number of carbonyl (C=O) groups excluding carboxylic acids is 3. The van der Waals surface area contributed by atoms with Gasteiger partial charge in [-0.25, -0.2) is 8.42 Å². The minimum Gasteiger partial charge on any atom is -0.361 e. The summed E-state index contributed by atoms with van der Waals surface area (Å²) in [5, 5.41) is 10.6. The molecule has 3 aromatic carbocycles. The fraction of sp³-hybridized carbons (Fsp3) is 0.297. The average Bonchev–Trinajstić information content (AvgIpc) is 3.76. The Morgan fingerprint density at radius 1 is 0.918 bits per heavy atom. The molecule has 0 saturated carbocycles. The number of fused-ring (bicyclic) bond motifs is 1. The van der Waals surface area contributed by atoms with Crippen LogP contribution in [-0.2, 0) is 32.5 Å². The van der Waals surface area contributed by atoms with Gasteiger partial charge in [-0.1, -0.05) is 73.0 Å². The molecule has 2 heterocycles. The molecule has 5 rings (SSSR count). The number of carbonyl (C=O) groups is 3. The smallest absolute Gasteiger partial charge is 0.256 e. The number of H-pyrrole nitrogens is 2. The predicted octanol–water partition coefficient (Wildman–Crippen LogP) is 4.83. The zero-order valence-corrected chi connectivity index (χ0v) is 28.9. The number of hydrogen-bond acceptors (Lipinski definition) is 6. The van der Waals surface area contributed by atoms with E-state index < -0.39 is 33.9 Å². The second kappa shape index (κ2) is 15.3. The highest BCUT2D eigenvalue weighted by molar-refractivity contribution is 7.90. The van der Waals surface area contributed by atoms with Crippen LogP contribution in [-0.4, -0.2) is 71.1 Å². The first-order chi connectivity index (χ1) is 23.4. The van der Waals surface area contributed by atoms with Gasteiger partial charge >= 0.3 is 0 Å². The summed E-state index contributed by atoms with van der Waals surface area (Å²) >= 11 is 0. The first kappa shape index (κ1) is 35.1. The fourth-order valence-corrected chi connectivity index (χ4v) is 7.14. The number of para-hydroxylation sites is 1. The van der Waals surface area contributed by atoms with Crippen LogP contribution in [0.2, 0.25) is 0 Å². The second-order valence-electron chi connectivity index (χ2n) is 12.4. The Morgan fingerprint density at radius 3 is 2.31 bits per heavy atom. The molecule has 12 heteroatoms. The molecular weight excluding hydrogens is 641 g/mol. The van der Waals surface area contributed by atoms with E-state index in [2.05, 4.69) is 25.2 Å². The number of aromatic amines is 2. The van der Waals surface area contributed by atoms with Crippen LogP contribution in [0.1, 0.15) is 52.4 Å². The summed E-state index contributed by atoms with van der Waals surface area (Å²) in [6.45, 7) is 5.66. The van der Waals surface area contributed by atoms with Crippen molar-refractivity contribution in [2.24, 2.45) is 0 Å². The standard InChI is InChI=1S/C37H42N6O5S/c1-5-6-17-49(47,48)42-35(44)33(22-29-23-38-32-10-8-7-9-30(29)32)40-36(45)34(43(4)37(46)28-19-24(2)18-25(3)20-28)21-26-11-13-27(14-12-26)31-15-16-39-41-31/h7-16,18-20,23,33-34,38H,5-6,17,21-22H2,1-4H3,(H,39,41)(H,40,45)(H,42,44)/t33-,34-/m0/s1. The van der Waals surface area contributed by atoms with Gasteiger partial charge in [-0.3, -0.25) is 24.2 Å². The summed E-state index contributed by atoms with van der Waals surface area (Å²) in [4.78, 5) is 46.4. The number of amides is 3. The van der Waals surface area contributed by atoms with Crippen LogP contribution in [0.4, 0.5) is 0 Å². The molecule has 0 aliphatic rings. The lowest BCUT2D eigenvalue weighted by atomic mass is 9.99. The first-order valence-corrected chi connectivity index (χ1v) is 17.9. The molecule has 3 amide bonds. The molecule has 0 radical (unpaired) electrons. The van der Waals surface area contributed by atoms with Gasteiger partial charge in [0.2, 0.25) is 15.9 Å². The van der Waals surface area contributed by atoms with Crippen molar-refractivity contribution >= 4 is 38.6 Å². The third-order valence-electron chi connectivity index (χ3n) is 8.51. The van der Waals surface area contributed by atoms with Crippen LogP contribution >= 0.6 is 0 Å². The van der Waals surface area contributed by atoms with Crippen molar-refractivity contribution in [1.29, 1.82) is 0 Å². The van der Waals surface area contributed by atoms with Gasteiger partial charge in [0.15, 0.2) is 0 Å². The van der Waals surface area contributed by atoms with Gasteiger partial charge in [0.1, 0.15) is 12.1 Å². The molecule has 0 bridgehead atoms. The Balaban J connectivity index is 1.47. The lowest BCUT2D eigenvalue weighted by Crippen LogP contribution is -2.56. The third kappa shape index (κ3) is 8.82. The molecule has 256 valence electrons. The lowest BCUT2D eigenvalue weighted by Gasteiger charge is -2.29. The van der Waals surface area contributed by atoms with Gasteiger partial charge in [0.25, 0.3) is 11.8 Å². The largest absolute Gasteiger partial charge is 0.361 e. The molecule has 0 aliphatic heterocycles. The maximum Gasteiger partial charge on any atom is 0.256 e. The Morgan fingerprint density at radius 2 is 1.63 bits per heavy atom. The minimum atomic E-state index is -3.94. The van der Waals surface area contributed by atoms with Gasteiger partial charge in [-0.05, 0) is 61.2 Å². The number of nitrogens with zero attached hydrogens (tertiary/aromatic N) is 2. The molecule has 0 spiro atoms.